The molecule has 144 valence electrons. The van der Waals surface area contributed by atoms with Crippen molar-refractivity contribution in [2.45, 2.75) is 45.2 Å². The highest BCUT2D eigenvalue weighted by Gasteiger charge is 2.27. The van der Waals surface area contributed by atoms with Crippen LogP contribution in [0.5, 0.6) is 0 Å². The predicted molar refractivity (Wildman–Crippen MR) is 106 cm³/mol. The quantitative estimate of drug-likeness (QED) is 0.732. The first-order valence-corrected chi connectivity index (χ1v) is 9.79. The average molecular weight is 377 g/mol. The number of hydrogen-bond donors (Lipinski definition) is 2. The molecule has 0 saturated heterocycles. The SMILES string of the molecule is CC(=O)Nc1ccc(CN2CCc3nc4cc(C5CC5)[nH]n4c(=O)c3C2)cc1. The Morgan fingerprint density at radius 1 is 1.29 bits per heavy atom. The monoisotopic (exact) mass is 377 g/mol. The second-order valence-corrected chi connectivity index (χ2v) is 7.86. The zero-order valence-electron chi connectivity index (χ0n) is 15.9. The molecule has 2 aliphatic rings. The number of carbonyl (C=O) groups is 1. The molecule has 7 nitrogen and oxygen atoms in total. The molecular formula is C21H23N5O2. The molecule has 1 aliphatic carbocycles. The first-order valence-electron chi connectivity index (χ1n) is 9.79. The standard InChI is InChI=1S/C21H23N5O2/c1-13(27)22-16-6-2-14(3-7-16)11-25-9-8-18-17(12-25)21(28)26-20(23-18)10-19(24-26)15-4-5-15/h2-3,6-7,10,15,24H,4-5,8-9,11-12H2,1H3,(H,22,27). The van der Waals surface area contributed by atoms with E-state index in [1.165, 1.54) is 19.8 Å². The smallest absolute Gasteiger partial charge is 0.277 e. The van der Waals surface area contributed by atoms with Crippen molar-refractivity contribution < 1.29 is 4.79 Å². The van der Waals surface area contributed by atoms with Gasteiger partial charge in [-0.25, -0.2) is 9.50 Å². The van der Waals surface area contributed by atoms with Crippen LogP contribution in [0.2, 0.25) is 0 Å². The van der Waals surface area contributed by atoms with Crippen LogP contribution >= 0.6 is 0 Å². The van der Waals surface area contributed by atoms with Gasteiger partial charge in [-0.2, -0.15) is 0 Å². The number of nitrogens with zero attached hydrogens (tertiary/aromatic N) is 3. The summed E-state index contributed by atoms with van der Waals surface area (Å²) in [6, 6.07) is 9.88. The third-order valence-electron chi connectivity index (χ3n) is 5.56. The van der Waals surface area contributed by atoms with Gasteiger partial charge in [0.25, 0.3) is 5.56 Å². The van der Waals surface area contributed by atoms with E-state index in [0.29, 0.717) is 12.5 Å². The molecule has 3 heterocycles. The van der Waals surface area contributed by atoms with Gasteiger partial charge in [0.15, 0.2) is 5.65 Å². The van der Waals surface area contributed by atoms with Crippen LogP contribution in [0.3, 0.4) is 0 Å². The number of carbonyl (C=O) groups excluding carboxylic acids is 1. The Balaban J connectivity index is 1.36. The summed E-state index contributed by atoms with van der Waals surface area (Å²) in [6.45, 7) is 3.75. The first-order chi connectivity index (χ1) is 13.6. The molecule has 0 spiro atoms. The molecule has 1 aromatic carbocycles. The highest BCUT2D eigenvalue weighted by atomic mass is 16.1. The third-order valence-corrected chi connectivity index (χ3v) is 5.56. The van der Waals surface area contributed by atoms with Gasteiger partial charge >= 0.3 is 0 Å². The number of hydrogen-bond acceptors (Lipinski definition) is 4. The summed E-state index contributed by atoms with van der Waals surface area (Å²) >= 11 is 0. The number of H-pyrrole nitrogens is 1. The van der Waals surface area contributed by atoms with Crippen molar-refractivity contribution >= 4 is 17.2 Å². The Labute approximate surface area is 162 Å². The number of anilines is 1. The Morgan fingerprint density at radius 3 is 2.79 bits per heavy atom. The second-order valence-electron chi connectivity index (χ2n) is 7.86. The molecule has 0 bridgehead atoms. The van der Waals surface area contributed by atoms with Crippen molar-refractivity contribution in [3.05, 3.63) is 63.2 Å². The third kappa shape index (κ3) is 3.22. The normalized spacial score (nSPS) is 16.9. The van der Waals surface area contributed by atoms with Crippen LogP contribution in [-0.2, 0) is 24.3 Å². The predicted octanol–water partition coefficient (Wildman–Crippen LogP) is 2.42. The van der Waals surface area contributed by atoms with Crippen LogP contribution < -0.4 is 10.9 Å². The van der Waals surface area contributed by atoms with E-state index in [0.717, 1.165) is 53.4 Å². The van der Waals surface area contributed by atoms with Gasteiger partial charge in [0.1, 0.15) is 0 Å². The van der Waals surface area contributed by atoms with Gasteiger partial charge < -0.3 is 5.32 Å². The molecule has 1 fully saturated rings. The van der Waals surface area contributed by atoms with Gasteiger partial charge in [0, 0.05) is 56.3 Å². The van der Waals surface area contributed by atoms with E-state index in [2.05, 4.69) is 15.3 Å². The Kier molecular flexibility index (Phi) is 4.05. The second kappa shape index (κ2) is 6.60. The molecule has 7 heteroatoms. The fourth-order valence-corrected chi connectivity index (χ4v) is 3.95. The Morgan fingerprint density at radius 2 is 2.07 bits per heavy atom. The Hall–Kier alpha value is -2.93. The molecule has 1 amide bonds. The molecular weight excluding hydrogens is 354 g/mol. The molecule has 0 atom stereocenters. The summed E-state index contributed by atoms with van der Waals surface area (Å²) in [5.41, 5.74) is 5.57. The maximum atomic E-state index is 13.0. The van der Waals surface area contributed by atoms with Crippen molar-refractivity contribution in [3.63, 3.8) is 0 Å². The van der Waals surface area contributed by atoms with E-state index in [4.69, 9.17) is 4.98 Å². The summed E-state index contributed by atoms with van der Waals surface area (Å²) in [7, 11) is 0. The minimum absolute atomic E-state index is 0.0256. The summed E-state index contributed by atoms with van der Waals surface area (Å²) in [5, 5.41) is 6.03. The van der Waals surface area contributed by atoms with Gasteiger partial charge in [-0.1, -0.05) is 12.1 Å². The van der Waals surface area contributed by atoms with Gasteiger partial charge in [-0.05, 0) is 30.5 Å². The van der Waals surface area contributed by atoms with Gasteiger partial charge in [-0.3, -0.25) is 19.6 Å². The van der Waals surface area contributed by atoms with Gasteiger partial charge in [-0.15, -0.1) is 0 Å². The zero-order valence-corrected chi connectivity index (χ0v) is 15.9. The fourth-order valence-electron chi connectivity index (χ4n) is 3.95. The topological polar surface area (TPSA) is 82.5 Å². The van der Waals surface area contributed by atoms with E-state index in [9.17, 15) is 9.59 Å². The summed E-state index contributed by atoms with van der Waals surface area (Å²) < 4.78 is 1.61. The summed E-state index contributed by atoms with van der Waals surface area (Å²) in [4.78, 5) is 31.2. The lowest BCUT2D eigenvalue weighted by Gasteiger charge is -2.27. The number of aromatic nitrogens is 3. The van der Waals surface area contributed by atoms with Crippen molar-refractivity contribution in [1.82, 2.24) is 19.5 Å². The lowest BCUT2D eigenvalue weighted by Crippen LogP contribution is -2.36. The molecule has 3 aromatic rings. The van der Waals surface area contributed by atoms with Crippen LogP contribution in [-0.4, -0.2) is 31.9 Å². The lowest BCUT2D eigenvalue weighted by molar-refractivity contribution is -0.114. The molecule has 2 aromatic heterocycles. The number of aromatic amines is 1. The van der Waals surface area contributed by atoms with Crippen molar-refractivity contribution in [1.29, 1.82) is 0 Å². The van der Waals surface area contributed by atoms with E-state index >= 15 is 0 Å². The van der Waals surface area contributed by atoms with Gasteiger partial charge in [0.05, 0.1) is 11.3 Å². The maximum absolute atomic E-state index is 13.0. The number of benzene rings is 1. The molecule has 0 radical (unpaired) electrons. The number of fused-ring (bicyclic) bond motifs is 2. The van der Waals surface area contributed by atoms with Crippen molar-refractivity contribution in [3.8, 4) is 0 Å². The molecule has 5 rings (SSSR count). The van der Waals surface area contributed by atoms with Crippen LogP contribution in [0.25, 0.3) is 5.65 Å². The maximum Gasteiger partial charge on any atom is 0.277 e. The van der Waals surface area contributed by atoms with Crippen LogP contribution in [0.1, 0.15) is 48.2 Å². The van der Waals surface area contributed by atoms with E-state index in [-0.39, 0.29) is 11.5 Å². The zero-order chi connectivity index (χ0) is 19.3. The van der Waals surface area contributed by atoms with Gasteiger partial charge in [0.2, 0.25) is 5.91 Å². The number of rotatable bonds is 4. The van der Waals surface area contributed by atoms with Crippen LogP contribution in [0.4, 0.5) is 5.69 Å². The Bertz CT molecular complexity index is 1110. The summed E-state index contributed by atoms with van der Waals surface area (Å²) in [5.74, 6) is 0.490. The van der Waals surface area contributed by atoms with Crippen molar-refractivity contribution in [2.24, 2.45) is 0 Å². The highest BCUT2D eigenvalue weighted by Crippen LogP contribution is 2.39. The van der Waals surface area contributed by atoms with E-state index < -0.39 is 0 Å². The minimum atomic E-state index is -0.0752. The number of amides is 1. The fraction of sp³-hybridized carbons (Fsp3) is 0.381. The lowest BCUT2D eigenvalue weighted by atomic mass is 10.1. The van der Waals surface area contributed by atoms with E-state index in [1.54, 1.807) is 4.52 Å². The van der Waals surface area contributed by atoms with E-state index in [1.807, 2.05) is 30.3 Å². The average Bonchev–Trinajstić information content (AvgIpc) is 3.43. The summed E-state index contributed by atoms with van der Waals surface area (Å²) in [6.07, 6.45) is 3.17. The highest BCUT2D eigenvalue weighted by molar-refractivity contribution is 5.88. The van der Waals surface area contributed by atoms with Crippen molar-refractivity contribution in [2.75, 3.05) is 11.9 Å². The van der Waals surface area contributed by atoms with Crippen LogP contribution in [0.15, 0.2) is 35.1 Å². The first kappa shape index (κ1) is 17.2. The molecule has 0 unspecified atom stereocenters. The minimum Gasteiger partial charge on any atom is -0.326 e. The molecule has 1 saturated carbocycles. The number of nitrogens with one attached hydrogen (secondary N) is 2. The van der Waals surface area contributed by atoms with Crippen LogP contribution in [0, 0.1) is 0 Å². The molecule has 2 N–H and O–H groups in total. The molecule has 1 aliphatic heterocycles. The molecule has 28 heavy (non-hydrogen) atoms. The largest absolute Gasteiger partial charge is 0.326 e.